The maximum absolute atomic E-state index is 12.2. The Hall–Kier alpha value is -0.370. The van der Waals surface area contributed by atoms with Crippen LogP contribution in [-0.2, 0) is 10.0 Å². The first kappa shape index (κ1) is 15.0. The van der Waals surface area contributed by atoms with Gasteiger partial charge in [0.25, 0.3) is 10.0 Å². The Morgan fingerprint density at radius 3 is 2.26 bits per heavy atom. The monoisotopic (exact) mass is 467 g/mol. The third kappa shape index (κ3) is 3.81. The zero-order valence-electron chi connectivity index (χ0n) is 9.40. The van der Waals surface area contributed by atoms with E-state index in [0.717, 1.165) is 4.47 Å². The number of hydrogen-bond acceptors (Lipinski definition) is 2. The summed E-state index contributed by atoms with van der Waals surface area (Å²) in [6.45, 7) is 0. The summed E-state index contributed by atoms with van der Waals surface area (Å²) in [7, 11) is -3.61. The molecule has 0 amide bonds. The van der Waals surface area contributed by atoms with Crippen molar-refractivity contribution in [3.05, 3.63) is 55.9 Å². The molecule has 19 heavy (non-hydrogen) atoms. The zero-order chi connectivity index (χ0) is 14.0. The number of benzene rings is 2. The van der Waals surface area contributed by atoms with E-state index in [4.69, 9.17) is 0 Å². The van der Waals surface area contributed by atoms with E-state index in [1.807, 2.05) is 6.07 Å². The van der Waals surface area contributed by atoms with Crippen LogP contribution in [0.4, 0.5) is 5.69 Å². The summed E-state index contributed by atoms with van der Waals surface area (Å²) in [5.41, 5.74) is 0.481. The van der Waals surface area contributed by atoms with Crippen LogP contribution < -0.4 is 4.72 Å². The van der Waals surface area contributed by atoms with Crippen LogP contribution in [0.5, 0.6) is 0 Å². The SMILES string of the molecule is O=S(=O)(Nc1cc(Br)ccc1Br)c1cccc(Br)c1. The van der Waals surface area contributed by atoms with Crippen molar-refractivity contribution in [3.8, 4) is 0 Å². The molecule has 2 aromatic rings. The third-order valence-corrected chi connectivity index (χ3v) is 5.32. The minimum atomic E-state index is -3.61. The molecule has 0 fully saturated rings. The molecule has 0 spiro atoms. The number of halogens is 3. The largest absolute Gasteiger partial charge is 0.278 e. The molecule has 2 rings (SSSR count). The Morgan fingerprint density at radius 1 is 0.895 bits per heavy atom. The molecule has 0 heterocycles. The average Bonchev–Trinajstić information content (AvgIpc) is 2.33. The highest BCUT2D eigenvalue weighted by Crippen LogP contribution is 2.28. The number of rotatable bonds is 3. The highest BCUT2D eigenvalue weighted by Gasteiger charge is 2.15. The van der Waals surface area contributed by atoms with Crippen LogP contribution >= 0.6 is 47.8 Å². The molecule has 1 N–H and O–H groups in total. The highest BCUT2D eigenvalue weighted by atomic mass is 79.9. The summed E-state index contributed by atoms with van der Waals surface area (Å²) in [6.07, 6.45) is 0. The standard InChI is InChI=1S/C12H8Br3NO2S/c13-8-2-1-3-10(6-8)19(17,18)16-12-7-9(14)4-5-11(12)15/h1-7,16H. The lowest BCUT2D eigenvalue weighted by atomic mass is 10.3. The maximum Gasteiger partial charge on any atom is 0.261 e. The van der Waals surface area contributed by atoms with Crippen LogP contribution in [0.25, 0.3) is 0 Å². The molecule has 100 valence electrons. The summed E-state index contributed by atoms with van der Waals surface area (Å²) in [4.78, 5) is 0.203. The van der Waals surface area contributed by atoms with Gasteiger partial charge in [0.1, 0.15) is 0 Å². The Bertz CT molecular complexity index is 717. The van der Waals surface area contributed by atoms with E-state index in [1.54, 1.807) is 36.4 Å². The molecule has 3 nitrogen and oxygen atoms in total. The zero-order valence-corrected chi connectivity index (χ0v) is 15.0. The predicted octanol–water partition coefficient (Wildman–Crippen LogP) is 4.77. The molecule has 0 bridgehead atoms. The van der Waals surface area contributed by atoms with Crippen LogP contribution in [0, 0.1) is 0 Å². The molecule has 0 atom stereocenters. The number of anilines is 1. The summed E-state index contributed by atoms with van der Waals surface area (Å²) in [6, 6.07) is 11.8. The van der Waals surface area contributed by atoms with Crippen LogP contribution in [-0.4, -0.2) is 8.42 Å². The van der Waals surface area contributed by atoms with Crippen LogP contribution in [0.1, 0.15) is 0 Å². The van der Waals surface area contributed by atoms with E-state index in [0.29, 0.717) is 14.6 Å². The Morgan fingerprint density at radius 2 is 1.58 bits per heavy atom. The second-order valence-electron chi connectivity index (χ2n) is 3.69. The van der Waals surface area contributed by atoms with Gasteiger partial charge in [-0.25, -0.2) is 8.42 Å². The summed E-state index contributed by atoms with van der Waals surface area (Å²) >= 11 is 9.88. The molecule has 0 radical (unpaired) electrons. The van der Waals surface area contributed by atoms with Crippen LogP contribution in [0.3, 0.4) is 0 Å². The van der Waals surface area contributed by atoms with Gasteiger partial charge in [0, 0.05) is 13.4 Å². The molecule has 2 aromatic carbocycles. The molecule has 0 aromatic heterocycles. The van der Waals surface area contributed by atoms with Crippen molar-refractivity contribution in [3.63, 3.8) is 0 Å². The van der Waals surface area contributed by atoms with E-state index in [1.165, 1.54) is 0 Å². The Balaban J connectivity index is 2.39. The van der Waals surface area contributed by atoms with Crippen molar-refractivity contribution in [2.45, 2.75) is 4.90 Å². The Labute approximate surface area is 136 Å². The average molecular weight is 470 g/mol. The molecule has 0 saturated carbocycles. The van der Waals surface area contributed by atoms with Gasteiger partial charge in [-0.1, -0.05) is 37.9 Å². The van der Waals surface area contributed by atoms with Crippen molar-refractivity contribution >= 4 is 63.5 Å². The molecule has 0 aliphatic carbocycles. The van der Waals surface area contributed by atoms with E-state index in [-0.39, 0.29) is 4.90 Å². The van der Waals surface area contributed by atoms with Gasteiger partial charge in [0.05, 0.1) is 10.6 Å². The highest BCUT2D eigenvalue weighted by molar-refractivity contribution is 9.11. The molecule has 0 saturated heterocycles. The van der Waals surface area contributed by atoms with Gasteiger partial charge in [-0.15, -0.1) is 0 Å². The Kier molecular flexibility index (Phi) is 4.70. The first-order valence-corrected chi connectivity index (χ1v) is 8.98. The van der Waals surface area contributed by atoms with Gasteiger partial charge in [-0.2, -0.15) is 0 Å². The first-order chi connectivity index (χ1) is 8.88. The quantitative estimate of drug-likeness (QED) is 0.703. The molecular formula is C12H8Br3NO2S. The molecule has 0 unspecified atom stereocenters. The fraction of sp³-hybridized carbons (Fsp3) is 0. The normalized spacial score (nSPS) is 11.3. The molecule has 0 aliphatic heterocycles. The van der Waals surface area contributed by atoms with Crippen molar-refractivity contribution in [1.82, 2.24) is 0 Å². The van der Waals surface area contributed by atoms with E-state index >= 15 is 0 Å². The van der Waals surface area contributed by atoms with Gasteiger partial charge in [-0.3, -0.25) is 4.72 Å². The first-order valence-electron chi connectivity index (χ1n) is 5.12. The number of nitrogens with one attached hydrogen (secondary N) is 1. The topological polar surface area (TPSA) is 46.2 Å². The van der Waals surface area contributed by atoms with Gasteiger partial charge in [0.15, 0.2) is 0 Å². The van der Waals surface area contributed by atoms with Crippen molar-refractivity contribution in [2.75, 3.05) is 4.72 Å². The number of sulfonamides is 1. The molecule has 0 aliphatic rings. The second-order valence-corrected chi connectivity index (χ2v) is 8.06. The molecular weight excluding hydrogens is 462 g/mol. The van der Waals surface area contributed by atoms with Crippen LogP contribution in [0.15, 0.2) is 60.8 Å². The summed E-state index contributed by atoms with van der Waals surface area (Å²) in [5.74, 6) is 0. The summed E-state index contributed by atoms with van der Waals surface area (Å²) in [5, 5.41) is 0. The van der Waals surface area contributed by atoms with E-state index in [2.05, 4.69) is 52.5 Å². The van der Waals surface area contributed by atoms with E-state index < -0.39 is 10.0 Å². The minimum Gasteiger partial charge on any atom is -0.278 e. The van der Waals surface area contributed by atoms with Gasteiger partial charge in [0.2, 0.25) is 0 Å². The van der Waals surface area contributed by atoms with Gasteiger partial charge < -0.3 is 0 Å². The summed E-state index contributed by atoms with van der Waals surface area (Å²) < 4.78 is 29.2. The smallest absolute Gasteiger partial charge is 0.261 e. The second kappa shape index (κ2) is 5.95. The fourth-order valence-electron chi connectivity index (χ4n) is 1.41. The maximum atomic E-state index is 12.2. The lowest BCUT2D eigenvalue weighted by Crippen LogP contribution is -2.13. The lowest BCUT2D eigenvalue weighted by molar-refractivity contribution is 0.601. The van der Waals surface area contributed by atoms with Crippen molar-refractivity contribution < 1.29 is 8.42 Å². The minimum absolute atomic E-state index is 0.203. The van der Waals surface area contributed by atoms with Crippen molar-refractivity contribution in [1.29, 1.82) is 0 Å². The van der Waals surface area contributed by atoms with Crippen LogP contribution in [0.2, 0.25) is 0 Å². The van der Waals surface area contributed by atoms with Gasteiger partial charge >= 0.3 is 0 Å². The molecule has 7 heteroatoms. The lowest BCUT2D eigenvalue weighted by Gasteiger charge is -2.10. The van der Waals surface area contributed by atoms with Gasteiger partial charge in [-0.05, 0) is 52.3 Å². The third-order valence-electron chi connectivity index (χ3n) is 2.28. The number of hydrogen-bond donors (Lipinski definition) is 1. The fourth-order valence-corrected chi connectivity index (χ4v) is 3.92. The van der Waals surface area contributed by atoms with Crippen molar-refractivity contribution in [2.24, 2.45) is 0 Å². The van der Waals surface area contributed by atoms with E-state index in [9.17, 15) is 8.42 Å². The predicted molar refractivity (Wildman–Crippen MR) is 86.8 cm³/mol.